The first-order valence-electron chi connectivity index (χ1n) is 7.46. The number of benzene rings is 1. The second-order valence-electron chi connectivity index (χ2n) is 5.58. The topological polar surface area (TPSA) is 66.8 Å². The number of carbonyl (C=O) groups excluding carboxylic acids is 1. The van der Waals surface area contributed by atoms with Crippen molar-refractivity contribution in [2.24, 2.45) is 0 Å². The summed E-state index contributed by atoms with van der Waals surface area (Å²) in [5, 5.41) is 20.1. The monoisotopic (exact) mass is 420 g/mol. The number of ketones is 1. The first-order valence-corrected chi connectivity index (χ1v) is 8.25. The van der Waals surface area contributed by atoms with E-state index in [2.05, 4.69) is 15.9 Å². The summed E-state index contributed by atoms with van der Waals surface area (Å²) < 4.78 is 43.5. The molecule has 0 saturated carbocycles. The van der Waals surface area contributed by atoms with Gasteiger partial charge in [0, 0.05) is 5.57 Å². The average Bonchev–Trinajstić information content (AvgIpc) is 2.71. The van der Waals surface area contributed by atoms with Crippen molar-refractivity contribution in [3.05, 3.63) is 39.1 Å². The zero-order valence-corrected chi connectivity index (χ0v) is 14.9. The zero-order chi connectivity index (χ0) is 18.8. The smallest absolute Gasteiger partial charge is 0.454 e. The van der Waals surface area contributed by atoms with Gasteiger partial charge in [-0.1, -0.05) is 0 Å². The molecule has 1 aliphatic rings. The predicted molar refractivity (Wildman–Crippen MR) is 89.5 cm³/mol. The number of carbonyl (C=O) groups is 1. The molecule has 25 heavy (non-hydrogen) atoms. The first-order chi connectivity index (χ1) is 11.6. The average molecular weight is 421 g/mol. The van der Waals surface area contributed by atoms with Gasteiger partial charge in [0.2, 0.25) is 0 Å². The molecular weight excluding hydrogens is 405 g/mol. The summed E-state index contributed by atoms with van der Waals surface area (Å²) in [4.78, 5) is 11.5. The van der Waals surface area contributed by atoms with Crippen molar-refractivity contribution in [3.8, 4) is 11.5 Å². The molecule has 136 valence electrons. The van der Waals surface area contributed by atoms with E-state index in [0.717, 1.165) is 0 Å². The third-order valence-electron chi connectivity index (χ3n) is 3.86. The molecule has 0 saturated heterocycles. The van der Waals surface area contributed by atoms with Crippen LogP contribution in [0.3, 0.4) is 0 Å². The minimum Gasteiger partial charge on any atom is -0.507 e. The van der Waals surface area contributed by atoms with Gasteiger partial charge in [0.15, 0.2) is 11.5 Å². The van der Waals surface area contributed by atoms with Crippen molar-refractivity contribution in [1.82, 2.24) is 0 Å². The van der Waals surface area contributed by atoms with E-state index in [1.54, 1.807) is 0 Å². The Balaban J connectivity index is 2.51. The van der Waals surface area contributed by atoms with Gasteiger partial charge in [0.25, 0.3) is 5.78 Å². The van der Waals surface area contributed by atoms with Crippen LogP contribution in [0.4, 0.5) is 13.2 Å². The van der Waals surface area contributed by atoms with Crippen molar-refractivity contribution >= 4 is 27.8 Å². The van der Waals surface area contributed by atoms with Gasteiger partial charge >= 0.3 is 6.18 Å². The van der Waals surface area contributed by atoms with Crippen molar-refractivity contribution in [2.75, 3.05) is 7.11 Å². The maximum Gasteiger partial charge on any atom is 0.454 e. The normalized spacial score (nSPS) is 17.6. The molecule has 1 aromatic carbocycles. The highest BCUT2D eigenvalue weighted by Gasteiger charge is 2.42. The highest BCUT2D eigenvalue weighted by molar-refractivity contribution is 9.10. The van der Waals surface area contributed by atoms with Crippen LogP contribution < -0.4 is 4.74 Å². The van der Waals surface area contributed by atoms with Crippen LogP contribution in [0.1, 0.15) is 31.2 Å². The van der Waals surface area contributed by atoms with Crippen LogP contribution in [0.5, 0.6) is 11.5 Å². The Morgan fingerprint density at radius 2 is 1.88 bits per heavy atom. The highest BCUT2D eigenvalue weighted by atomic mass is 79.9. The Morgan fingerprint density at radius 3 is 2.48 bits per heavy atom. The van der Waals surface area contributed by atoms with Crippen LogP contribution in [0, 0.1) is 0 Å². The van der Waals surface area contributed by atoms with E-state index >= 15 is 0 Å². The molecule has 2 N–H and O–H groups in total. The molecule has 0 radical (unpaired) electrons. The Hall–Kier alpha value is -1.96. The molecule has 0 atom stereocenters. The number of halogens is 4. The third kappa shape index (κ3) is 4.36. The lowest BCUT2D eigenvalue weighted by Gasteiger charge is -2.12. The molecule has 1 aromatic rings. The van der Waals surface area contributed by atoms with E-state index in [0.29, 0.717) is 29.3 Å². The Labute approximate surface area is 150 Å². The maximum absolute atomic E-state index is 12.7. The van der Waals surface area contributed by atoms with Gasteiger partial charge in [0.1, 0.15) is 5.76 Å². The van der Waals surface area contributed by atoms with Gasteiger partial charge in [-0.2, -0.15) is 13.2 Å². The fraction of sp³-hybridized carbons (Fsp3) is 0.353. The van der Waals surface area contributed by atoms with Crippen LogP contribution in [0.15, 0.2) is 33.5 Å². The van der Waals surface area contributed by atoms with Crippen LogP contribution in [-0.4, -0.2) is 29.3 Å². The number of allylic oxidation sites excluding steroid dienone is 2. The van der Waals surface area contributed by atoms with Gasteiger partial charge in [-0.15, -0.1) is 0 Å². The van der Waals surface area contributed by atoms with Crippen LogP contribution in [0.2, 0.25) is 0 Å². The number of alkyl halides is 3. The Morgan fingerprint density at radius 1 is 1.24 bits per heavy atom. The minimum atomic E-state index is -5.02. The zero-order valence-electron chi connectivity index (χ0n) is 13.3. The summed E-state index contributed by atoms with van der Waals surface area (Å²) in [7, 11) is 1.36. The number of ether oxygens (including phenoxy) is 1. The summed E-state index contributed by atoms with van der Waals surface area (Å²) >= 11 is 3.16. The largest absolute Gasteiger partial charge is 0.507 e. The molecule has 1 aliphatic carbocycles. The SMILES string of the molecule is COc1cc(/C=C2\CCCCC(C(=O)C(F)(F)F)=C2O)cc(Br)c1O. The van der Waals surface area contributed by atoms with Gasteiger partial charge in [0.05, 0.1) is 11.6 Å². The molecule has 0 fully saturated rings. The Bertz CT molecular complexity index is 751. The lowest BCUT2D eigenvalue weighted by atomic mass is 10.0. The molecule has 8 heteroatoms. The van der Waals surface area contributed by atoms with Crippen LogP contribution in [-0.2, 0) is 4.79 Å². The summed E-state index contributed by atoms with van der Waals surface area (Å²) in [6.07, 6.45) is -2.41. The van der Waals surface area contributed by atoms with Crippen LogP contribution in [0.25, 0.3) is 6.08 Å². The van der Waals surface area contributed by atoms with Gasteiger partial charge < -0.3 is 14.9 Å². The number of Topliss-reactive ketones (excluding diaryl/α,β-unsaturated/α-hetero) is 1. The molecule has 0 unspecified atom stereocenters. The van der Waals surface area contributed by atoms with E-state index in [-0.39, 0.29) is 23.5 Å². The number of aromatic hydroxyl groups is 1. The van der Waals surface area contributed by atoms with Crippen molar-refractivity contribution in [3.63, 3.8) is 0 Å². The van der Waals surface area contributed by atoms with Gasteiger partial charge in [-0.3, -0.25) is 4.79 Å². The maximum atomic E-state index is 12.7. The summed E-state index contributed by atoms with van der Waals surface area (Å²) in [6, 6.07) is 3.02. The lowest BCUT2D eigenvalue weighted by molar-refractivity contribution is -0.166. The quantitative estimate of drug-likeness (QED) is 0.716. The molecule has 2 rings (SSSR count). The second-order valence-corrected chi connectivity index (χ2v) is 6.44. The summed E-state index contributed by atoms with van der Waals surface area (Å²) in [6.45, 7) is 0. The number of aliphatic hydroxyl groups excluding tert-OH is 1. The number of aliphatic hydroxyl groups is 1. The van der Waals surface area contributed by atoms with E-state index < -0.39 is 23.3 Å². The molecule has 0 aliphatic heterocycles. The molecule has 0 aromatic heterocycles. The molecule has 0 amide bonds. The predicted octanol–water partition coefficient (Wildman–Crippen LogP) is 5.06. The standard InChI is InChI=1S/C17H16BrF3O4/c1-25-13-8-9(7-12(18)15(13)23)6-10-4-2-3-5-11(14(10)22)16(24)17(19,20)21/h6-8,22-23H,2-5H2,1H3/b10-6+. The Kier molecular flexibility index (Phi) is 5.82. The number of rotatable bonds is 3. The highest BCUT2D eigenvalue weighted by Crippen LogP contribution is 2.37. The number of hydrogen-bond donors (Lipinski definition) is 2. The van der Waals surface area contributed by atoms with Crippen LogP contribution >= 0.6 is 15.9 Å². The van der Waals surface area contributed by atoms with E-state index in [1.807, 2.05) is 0 Å². The van der Waals surface area contributed by atoms with E-state index in [1.165, 1.54) is 25.3 Å². The second kappa shape index (κ2) is 7.51. The number of methoxy groups -OCH3 is 1. The van der Waals surface area contributed by atoms with Crippen molar-refractivity contribution in [2.45, 2.75) is 31.9 Å². The molecular formula is C17H16BrF3O4. The number of phenolic OH excluding ortho intramolecular Hbond substituents is 1. The molecule has 0 bridgehead atoms. The van der Waals surface area contributed by atoms with Crippen molar-refractivity contribution in [1.29, 1.82) is 0 Å². The van der Waals surface area contributed by atoms with Crippen molar-refractivity contribution < 1.29 is 32.9 Å². The van der Waals surface area contributed by atoms with Gasteiger partial charge in [-0.05, 0) is 71.0 Å². The number of hydrogen-bond acceptors (Lipinski definition) is 4. The fourth-order valence-electron chi connectivity index (χ4n) is 2.61. The first kappa shape index (κ1) is 19.4. The molecule has 4 nitrogen and oxygen atoms in total. The fourth-order valence-corrected chi connectivity index (χ4v) is 3.07. The molecule has 0 spiro atoms. The van der Waals surface area contributed by atoms with E-state index in [9.17, 15) is 28.2 Å². The van der Waals surface area contributed by atoms with Gasteiger partial charge in [-0.25, -0.2) is 0 Å². The summed E-state index contributed by atoms with van der Waals surface area (Å²) in [5.41, 5.74) is 0.134. The minimum absolute atomic E-state index is 0.113. The van der Waals surface area contributed by atoms with E-state index in [4.69, 9.17) is 4.74 Å². The lowest BCUT2D eigenvalue weighted by Crippen LogP contribution is -2.25. The summed E-state index contributed by atoms with van der Waals surface area (Å²) in [5.74, 6) is -2.58. The third-order valence-corrected chi connectivity index (χ3v) is 4.46. The number of phenols is 1. The molecule has 0 heterocycles.